The van der Waals surface area contributed by atoms with E-state index in [9.17, 15) is 27.2 Å². The molecule has 0 unspecified atom stereocenters. The maximum Gasteiger partial charge on any atom is 0.321 e. The lowest BCUT2D eigenvalue weighted by molar-refractivity contribution is -0.147. The van der Waals surface area contributed by atoms with Crippen molar-refractivity contribution in [3.8, 4) is 0 Å². The zero-order chi connectivity index (χ0) is 19.7. The zero-order valence-corrected chi connectivity index (χ0v) is 15.3. The number of sulfone groups is 1. The van der Waals surface area contributed by atoms with Crippen molar-refractivity contribution >= 4 is 27.7 Å². The van der Waals surface area contributed by atoms with Crippen LogP contribution >= 0.6 is 0 Å². The van der Waals surface area contributed by atoms with Gasteiger partial charge in [-0.05, 0) is 37.6 Å². The van der Waals surface area contributed by atoms with Gasteiger partial charge in [-0.2, -0.15) is 0 Å². The van der Waals surface area contributed by atoms with Crippen molar-refractivity contribution in [3.05, 3.63) is 30.1 Å². The molecule has 0 spiro atoms. The van der Waals surface area contributed by atoms with Gasteiger partial charge in [0.15, 0.2) is 16.4 Å². The molecule has 8 nitrogen and oxygen atoms in total. The molecule has 0 aliphatic rings. The van der Waals surface area contributed by atoms with Crippen molar-refractivity contribution in [1.29, 1.82) is 0 Å². The van der Waals surface area contributed by atoms with E-state index >= 15 is 0 Å². The number of urea groups is 1. The molecule has 0 saturated carbocycles. The van der Waals surface area contributed by atoms with Crippen molar-refractivity contribution in [1.82, 2.24) is 10.6 Å². The second-order valence-corrected chi connectivity index (χ2v) is 7.62. The molecule has 0 aromatic heterocycles. The molecule has 3 amide bonds. The Hall–Kier alpha value is -2.49. The van der Waals surface area contributed by atoms with E-state index in [4.69, 9.17) is 0 Å². The number of halogens is 1. The van der Waals surface area contributed by atoms with E-state index in [1.54, 1.807) is 6.92 Å². The Labute approximate surface area is 151 Å². The van der Waals surface area contributed by atoms with Gasteiger partial charge in [0.1, 0.15) is 5.82 Å². The summed E-state index contributed by atoms with van der Waals surface area (Å²) in [6.45, 7) is 2.91. The molecule has 26 heavy (non-hydrogen) atoms. The van der Waals surface area contributed by atoms with Crippen molar-refractivity contribution in [3.63, 3.8) is 0 Å². The maximum atomic E-state index is 12.8. The van der Waals surface area contributed by atoms with Crippen molar-refractivity contribution < 1.29 is 31.9 Å². The molecule has 0 aliphatic carbocycles. The highest BCUT2D eigenvalue weighted by atomic mass is 32.2. The van der Waals surface area contributed by atoms with E-state index in [2.05, 4.69) is 10.1 Å². The van der Waals surface area contributed by atoms with Crippen LogP contribution in [0.5, 0.6) is 0 Å². The van der Waals surface area contributed by atoms with Crippen LogP contribution in [0, 0.1) is 5.82 Å². The lowest BCUT2D eigenvalue weighted by Gasteiger charge is -2.11. The minimum atomic E-state index is -3.78. The number of ether oxygens (including phenoxy) is 1. The van der Waals surface area contributed by atoms with Crippen LogP contribution in [0.4, 0.5) is 9.18 Å². The average Bonchev–Trinajstić information content (AvgIpc) is 2.58. The van der Waals surface area contributed by atoms with Gasteiger partial charge >= 0.3 is 12.0 Å². The molecule has 0 aliphatic heterocycles. The fourth-order valence-electron chi connectivity index (χ4n) is 1.72. The molecule has 10 heteroatoms. The number of carbonyl (C=O) groups is 3. The number of rotatable bonds is 8. The second kappa shape index (κ2) is 9.85. The van der Waals surface area contributed by atoms with E-state index in [1.807, 2.05) is 12.2 Å². The monoisotopic (exact) mass is 388 g/mol. The first-order valence-electron chi connectivity index (χ1n) is 7.88. The Morgan fingerprint density at radius 2 is 1.81 bits per heavy atom. The number of imide groups is 1. The molecule has 1 atom stereocenters. The molecule has 0 saturated heterocycles. The summed E-state index contributed by atoms with van der Waals surface area (Å²) in [7, 11) is -3.78. The van der Waals surface area contributed by atoms with Crippen molar-refractivity contribution in [2.45, 2.75) is 37.6 Å². The first-order valence-corrected chi connectivity index (χ1v) is 9.53. The van der Waals surface area contributed by atoms with E-state index in [1.165, 1.54) is 0 Å². The number of hydrogen-bond donors (Lipinski definition) is 2. The van der Waals surface area contributed by atoms with E-state index in [-0.39, 0.29) is 10.9 Å². The van der Waals surface area contributed by atoms with Gasteiger partial charge in [0.25, 0.3) is 5.91 Å². The molecule has 0 fully saturated rings. The predicted molar refractivity (Wildman–Crippen MR) is 90.5 cm³/mol. The van der Waals surface area contributed by atoms with Gasteiger partial charge < -0.3 is 10.1 Å². The first kappa shape index (κ1) is 21.6. The number of nitrogens with one attached hydrogen (secondary N) is 2. The Bertz CT molecular complexity index is 749. The van der Waals surface area contributed by atoms with Gasteiger partial charge in [0.05, 0.1) is 17.1 Å². The molecule has 2 N–H and O–H groups in total. The summed E-state index contributed by atoms with van der Waals surface area (Å²) >= 11 is 0. The van der Waals surface area contributed by atoms with Crippen LogP contribution < -0.4 is 10.6 Å². The molecule has 144 valence electrons. The van der Waals surface area contributed by atoms with Gasteiger partial charge in [-0.15, -0.1) is 0 Å². The first-order chi connectivity index (χ1) is 12.1. The van der Waals surface area contributed by atoms with Crippen LogP contribution in [0.15, 0.2) is 29.2 Å². The van der Waals surface area contributed by atoms with Crippen molar-refractivity contribution in [2.24, 2.45) is 0 Å². The van der Waals surface area contributed by atoms with E-state index < -0.39 is 52.3 Å². The van der Waals surface area contributed by atoms with Crippen molar-refractivity contribution in [2.75, 3.05) is 12.4 Å². The normalized spacial score (nSPS) is 12.1. The minimum absolute atomic E-state index is 0.119. The smallest absolute Gasteiger partial charge is 0.321 e. The summed E-state index contributed by atoms with van der Waals surface area (Å²) in [5.41, 5.74) is 0. The molecule has 0 heterocycles. The molecular weight excluding hydrogens is 367 g/mol. The summed E-state index contributed by atoms with van der Waals surface area (Å²) in [6, 6.07) is 3.36. The average molecular weight is 388 g/mol. The van der Waals surface area contributed by atoms with Gasteiger partial charge in [0.2, 0.25) is 0 Å². The zero-order valence-electron chi connectivity index (χ0n) is 14.5. The van der Waals surface area contributed by atoms with E-state index in [0.29, 0.717) is 6.42 Å². The highest BCUT2D eigenvalue weighted by Crippen LogP contribution is 2.13. The Morgan fingerprint density at radius 3 is 2.38 bits per heavy atom. The Kier molecular flexibility index (Phi) is 8.17. The van der Waals surface area contributed by atoms with Gasteiger partial charge in [0, 0.05) is 6.04 Å². The minimum Gasteiger partial charge on any atom is -0.456 e. The fraction of sp³-hybridized carbons (Fsp3) is 0.438. The van der Waals surface area contributed by atoms with Crippen LogP contribution in [0.2, 0.25) is 0 Å². The number of benzene rings is 1. The van der Waals surface area contributed by atoms with Crippen LogP contribution in [-0.4, -0.2) is 44.7 Å². The van der Waals surface area contributed by atoms with Gasteiger partial charge in [-0.1, -0.05) is 6.92 Å². The lowest BCUT2D eigenvalue weighted by atomic mass is 10.3. The second-order valence-electron chi connectivity index (χ2n) is 5.51. The summed E-state index contributed by atoms with van der Waals surface area (Å²) in [5, 5.41) is 4.48. The summed E-state index contributed by atoms with van der Waals surface area (Å²) in [5.74, 6) is -2.87. The molecule has 0 radical (unpaired) electrons. The summed E-state index contributed by atoms with van der Waals surface area (Å²) < 4.78 is 41.4. The summed E-state index contributed by atoms with van der Waals surface area (Å²) in [4.78, 5) is 34.3. The molecule has 1 aromatic carbocycles. The van der Waals surface area contributed by atoms with E-state index in [0.717, 1.165) is 24.3 Å². The standard InChI is InChI=1S/C16H21FN2O6S/c1-3-11(2)18-16(22)19-14(20)10-25-15(21)8-9-26(23,24)13-6-4-12(17)5-7-13/h4-7,11H,3,8-10H2,1-2H3,(H2,18,19,20,22)/t11-/m0/s1. The van der Waals surface area contributed by atoms with Gasteiger partial charge in [-0.25, -0.2) is 17.6 Å². The largest absolute Gasteiger partial charge is 0.456 e. The van der Waals surface area contributed by atoms with Crippen LogP contribution in [0.25, 0.3) is 0 Å². The maximum absolute atomic E-state index is 12.8. The Balaban J connectivity index is 2.39. The third-order valence-corrected chi connectivity index (χ3v) is 5.09. The molecule has 0 bridgehead atoms. The quantitative estimate of drug-likeness (QED) is 0.509. The number of carbonyl (C=O) groups excluding carboxylic acids is 3. The highest BCUT2D eigenvalue weighted by Gasteiger charge is 2.18. The third-order valence-electron chi connectivity index (χ3n) is 3.35. The van der Waals surface area contributed by atoms with Crippen LogP contribution in [-0.2, 0) is 24.2 Å². The van der Waals surface area contributed by atoms with Gasteiger partial charge in [-0.3, -0.25) is 14.9 Å². The lowest BCUT2D eigenvalue weighted by Crippen LogP contribution is -2.44. The highest BCUT2D eigenvalue weighted by molar-refractivity contribution is 7.91. The number of esters is 1. The predicted octanol–water partition coefficient (Wildman–Crippen LogP) is 1.16. The number of amides is 3. The SMILES string of the molecule is CC[C@H](C)NC(=O)NC(=O)COC(=O)CCS(=O)(=O)c1ccc(F)cc1. The number of hydrogen-bond acceptors (Lipinski definition) is 6. The fourth-order valence-corrected chi connectivity index (χ4v) is 2.94. The molecular formula is C16H21FN2O6S. The van der Waals surface area contributed by atoms with Crippen LogP contribution in [0.3, 0.4) is 0 Å². The Morgan fingerprint density at radius 1 is 1.19 bits per heavy atom. The molecule has 1 aromatic rings. The van der Waals surface area contributed by atoms with Crippen LogP contribution in [0.1, 0.15) is 26.7 Å². The summed E-state index contributed by atoms with van der Waals surface area (Å²) in [6.07, 6.45) is 0.200. The molecule has 1 rings (SSSR count). The third kappa shape index (κ3) is 7.60. The topological polar surface area (TPSA) is 119 Å².